The van der Waals surface area contributed by atoms with E-state index < -0.39 is 37.6 Å². The molecule has 1 aliphatic rings. The second kappa shape index (κ2) is 7.34. The van der Waals surface area contributed by atoms with Crippen molar-refractivity contribution in [3.8, 4) is 0 Å². The van der Waals surface area contributed by atoms with Crippen molar-refractivity contribution in [2.75, 3.05) is 0 Å². The Balaban J connectivity index is 1.95. The van der Waals surface area contributed by atoms with Crippen molar-refractivity contribution in [3.05, 3.63) is 81.3 Å². The van der Waals surface area contributed by atoms with Gasteiger partial charge in [0.2, 0.25) is 17.4 Å². The molecular formula is C17H10B3Cl2NO5S. The normalized spacial score (nSPS) is 19.9. The van der Waals surface area contributed by atoms with E-state index in [4.69, 9.17) is 61.4 Å². The standard InChI is InChI=1S/C17H10B3Cl2NO5S/c18-16(10-6-7-11(21)12(22)8-10)14(24)13(15(23)27-16)28-29(25,26)17(19,20)9-4-2-1-3-5-9/h1-8H,23H2/t16-/m1/s1. The monoisotopic (exact) mass is 443 g/mol. The molecule has 2 aromatic rings. The van der Waals surface area contributed by atoms with Gasteiger partial charge in [-0.3, -0.25) is 4.79 Å². The number of ether oxygens (including phenoxy) is 1. The van der Waals surface area contributed by atoms with Crippen LogP contribution in [0.25, 0.3) is 0 Å². The average molecular weight is 444 g/mol. The first-order valence-electron chi connectivity index (χ1n) is 7.95. The summed E-state index contributed by atoms with van der Waals surface area (Å²) in [6.45, 7) is 0. The van der Waals surface area contributed by atoms with Gasteiger partial charge >= 0.3 is 10.1 Å². The molecular weight excluding hydrogens is 434 g/mol. The lowest BCUT2D eigenvalue weighted by Gasteiger charge is -2.26. The summed E-state index contributed by atoms with van der Waals surface area (Å²) in [5, 5.41) is 0.307. The van der Waals surface area contributed by atoms with Crippen LogP contribution < -0.4 is 5.73 Å². The van der Waals surface area contributed by atoms with Gasteiger partial charge in [0.25, 0.3) is 0 Å². The molecule has 0 bridgehead atoms. The van der Waals surface area contributed by atoms with Gasteiger partial charge in [0.05, 0.1) is 30.3 Å². The molecule has 2 N–H and O–H groups in total. The molecule has 0 unspecified atom stereocenters. The molecule has 0 fully saturated rings. The maximum absolute atomic E-state index is 12.8. The zero-order valence-corrected chi connectivity index (χ0v) is 17.0. The van der Waals surface area contributed by atoms with Gasteiger partial charge in [-0.2, -0.15) is 8.42 Å². The number of carbonyl (C=O) groups is 1. The highest BCUT2D eigenvalue weighted by Crippen LogP contribution is 2.39. The lowest BCUT2D eigenvalue weighted by molar-refractivity contribution is -0.126. The Labute approximate surface area is 181 Å². The zero-order valence-electron chi connectivity index (χ0n) is 14.6. The van der Waals surface area contributed by atoms with Gasteiger partial charge in [-0.05, 0) is 23.3 Å². The van der Waals surface area contributed by atoms with Crippen molar-refractivity contribution in [2.45, 2.75) is 10.0 Å². The number of hydrogen-bond acceptors (Lipinski definition) is 6. The van der Waals surface area contributed by atoms with Gasteiger partial charge in [-0.15, -0.1) is 0 Å². The van der Waals surface area contributed by atoms with E-state index in [1.807, 2.05) is 0 Å². The van der Waals surface area contributed by atoms with Crippen LogP contribution in [0.2, 0.25) is 10.0 Å². The first-order chi connectivity index (χ1) is 13.4. The Morgan fingerprint density at radius 3 is 2.28 bits per heavy atom. The third-order valence-corrected chi connectivity index (χ3v) is 6.41. The average Bonchev–Trinajstić information content (AvgIpc) is 2.88. The molecule has 29 heavy (non-hydrogen) atoms. The lowest BCUT2D eigenvalue weighted by Crippen LogP contribution is -2.40. The SMILES string of the molecule is [B]C([B])(c1ccccc1)S(=O)(=O)OC1=C(N)O[C@]([B])(c2ccc(Cl)c(Cl)c2)C1=O. The van der Waals surface area contributed by atoms with Gasteiger partial charge in [0, 0.05) is 0 Å². The number of benzene rings is 2. The third-order valence-electron chi connectivity index (χ3n) is 4.22. The number of carbonyl (C=O) groups excluding carboxylic acids is 1. The molecule has 12 heteroatoms. The minimum Gasteiger partial charge on any atom is -0.467 e. The molecule has 2 aromatic carbocycles. The van der Waals surface area contributed by atoms with E-state index in [-0.39, 0.29) is 21.2 Å². The van der Waals surface area contributed by atoms with Gasteiger partial charge in [0.15, 0.2) is 5.50 Å². The molecule has 1 aliphatic heterocycles. The highest BCUT2D eigenvalue weighted by Gasteiger charge is 2.50. The van der Waals surface area contributed by atoms with E-state index in [0.29, 0.717) is 0 Å². The number of rotatable bonds is 5. The number of hydrogen-bond donors (Lipinski definition) is 1. The number of Topliss-reactive ketones (excluding diaryl/α,β-unsaturated/α-hetero) is 1. The summed E-state index contributed by atoms with van der Waals surface area (Å²) in [5.74, 6) is -2.58. The predicted octanol–water partition coefficient (Wildman–Crippen LogP) is 1.54. The molecule has 0 amide bonds. The zero-order chi connectivity index (χ0) is 21.6. The van der Waals surface area contributed by atoms with Crippen LogP contribution in [0.3, 0.4) is 0 Å². The fourth-order valence-corrected chi connectivity index (χ4v) is 3.80. The van der Waals surface area contributed by atoms with E-state index in [9.17, 15) is 13.2 Å². The first kappa shape index (κ1) is 21.7. The van der Waals surface area contributed by atoms with E-state index in [1.165, 1.54) is 42.5 Å². The Kier molecular flexibility index (Phi) is 5.49. The van der Waals surface area contributed by atoms with Crippen molar-refractivity contribution < 1.29 is 22.1 Å². The Morgan fingerprint density at radius 2 is 1.69 bits per heavy atom. The Hall–Kier alpha value is -2.03. The smallest absolute Gasteiger partial charge is 0.302 e. The summed E-state index contributed by atoms with van der Waals surface area (Å²) in [5.41, 5.74) is 3.58. The van der Waals surface area contributed by atoms with Crippen LogP contribution in [0.1, 0.15) is 11.1 Å². The molecule has 1 atom stereocenters. The van der Waals surface area contributed by atoms with Crippen LogP contribution in [0, 0.1) is 0 Å². The first-order valence-corrected chi connectivity index (χ1v) is 10.1. The maximum atomic E-state index is 12.8. The number of ketones is 1. The third kappa shape index (κ3) is 3.65. The lowest BCUT2D eigenvalue weighted by atomic mass is 9.65. The Bertz CT molecular complexity index is 1130. The molecule has 142 valence electrons. The van der Waals surface area contributed by atoms with Crippen LogP contribution in [0.4, 0.5) is 0 Å². The van der Waals surface area contributed by atoms with Gasteiger partial charge in [-0.25, -0.2) is 0 Å². The molecule has 0 aromatic heterocycles. The minimum atomic E-state index is -4.80. The molecule has 3 rings (SSSR count). The second-order valence-electron chi connectivity index (χ2n) is 6.19. The molecule has 0 spiro atoms. The van der Waals surface area contributed by atoms with Crippen molar-refractivity contribution >= 4 is 62.6 Å². The maximum Gasteiger partial charge on any atom is 0.302 e. The number of halogens is 2. The van der Waals surface area contributed by atoms with Crippen LogP contribution in [0.5, 0.6) is 0 Å². The summed E-state index contributed by atoms with van der Waals surface area (Å²) < 4.78 is 33.0. The second-order valence-corrected chi connectivity index (χ2v) is 8.75. The molecule has 0 saturated carbocycles. The molecule has 0 aliphatic carbocycles. The van der Waals surface area contributed by atoms with Crippen molar-refractivity contribution in [3.63, 3.8) is 0 Å². The van der Waals surface area contributed by atoms with Crippen LogP contribution in [0.15, 0.2) is 60.2 Å². The highest BCUT2D eigenvalue weighted by atomic mass is 35.5. The van der Waals surface area contributed by atoms with E-state index in [0.717, 1.165) is 0 Å². The summed E-state index contributed by atoms with van der Waals surface area (Å²) in [7, 11) is 12.8. The summed E-state index contributed by atoms with van der Waals surface area (Å²) >= 11 is 11.8. The minimum absolute atomic E-state index is 0.0223. The molecule has 1 heterocycles. The van der Waals surface area contributed by atoms with E-state index >= 15 is 0 Å². The topological polar surface area (TPSA) is 95.7 Å². The summed E-state index contributed by atoms with van der Waals surface area (Å²) in [4.78, 5) is 12.8. The molecule has 6 radical (unpaired) electrons. The van der Waals surface area contributed by atoms with Crippen LogP contribution >= 0.6 is 23.2 Å². The van der Waals surface area contributed by atoms with Gasteiger partial charge in [-0.1, -0.05) is 59.6 Å². The highest BCUT2D eigenvalue weighted by molar-refractivity contribution is 7.90. The molecule has 6 nitrogen and oxygen atoms in total. The summed E-state index contributed by atoms with van der Waals surface area (Å²) in [6.07, 6.45) is 0. The van der Waals surface area contributed by atoms with Crippen LogP contribution in [-0.4, -0.2) is 37.7 Å². The van der Waals surface area contributed by atoms with Crippen LogP contribution in [-0.2, 0) is 33.9 Å². The summed E-state index contributed by atoms with van der Waals surface area (Å²) in [6, 6.07) is 11.5. The van der Waals surface area contributed by atoms with Crippen molar-refractivity contribution in [1.29, 1.82) is 0 Å². The fraction of sp³-hybridized carbons (Fsp3) is 0.118. The Morgan fingerprint density at radius 1 is 1.07 bits per heavy atom. The van der Waals surface area contributed by atoms with Gasteiger partial charge < -0.3 is 14.7 Å². The van der Waals surface area contributed by atoms with E-state index in [2.05, 4.69) is 0 Å². The fourth-order valence-electron chi connectivity index (χ4n) is 2.56. The largest absolute Gasteiger partial charge is 0.467 e. The van der Waals surface area contributed by atoms with Crippen molar-refractivity contribution in [1.82, 2.24) is 0 Å². The van der Waals surface area contributed by atoms with Gasteiger partial charge in [0.1, 0.15) is 7.85 Å². The number of nitrogens with two attached hydrogens (primary N) is 1. The van der Waals surface area contributed by atoms with E-state index in [1.54, 1.807) is 6.07 Å². The quantitative estimate of drug-likeness (QED) is 0.556. The molecule has 0 saturated heterocycles. The van der Waals surface area contributed by atoms with Crippen molar-refractivity contribution in [2.24, 2.45) is 5.73 Å². The predicted molar refractivity (Wildman–Crippen MR) is 111 cm³/mol.